The quantitative estimate of drug-likeness (QED) is 0.357. The number of amides is 2. The van der Waals surface area contributed by atoms with Crippen LogP contribution in [0.15, 0.2) is 18.2 Å². The Morgan fingerprint density at radius 3 is 2.50 bits per heavy atom. The molecule has 0 saturated heterocycles. The molecule has 0 radical (unpaired) electrons. The van der Waals surface area contributed by atoms with Crippen molar-refractivity contribution < 1.29 is 14.5 Å². The highest BCUT2D eigenvalue weighted by Gasteiger charge is 2.37. The largest absolute Gasteiger partial charge is 0.274 e. The molecule has 1 aliphatic rings. The van der Waals surface area contributed by atoms with Crippen LogP contribution in [0.25, 0.3) is 0 Å². The summed E-state index contributed by atoms with van der Waals surface area (Å²) >= 11 is 3.35. The smallest absolute Gasteiger partial charge is 0.270 e. The van der Waals surface area contributed by atoms with Crippen LogP contribution >= 0.6 is 15.9 Å². The van der Waals surface area contributed by atoms with Crippen molar-refractivity contribution in [2.24, 2.45) is 5.92 Å². The average molecular weight is 341 g/mol. The number of alkyl halides is 1. The van der Waals surface area contributed by atoms with Crippen LogP contribution in [0.5, 0.6) is 0 Å². The zero-order chi connectivity index (χ0) is 14.9. The first-order valence-electron chi connectivity index (χ1n) is 6.20. The summed E-state index contributed by atoms with van der Waals surface area (Å²) in [5.74, 6) is -0.653. The maximum absolute atomic E-state index is 12.2. The topological polar surface area (TPSA) is 80.5 Å². The molecule has 1 aromatic carbocycles. The van der Waals surface area contributed by atoms with Crippen LogP contribution in [0, 0.1) is 16.0 Å². The van der Waals surface area contributed by atoms with Gasteiger partial charge in [-0.15, -0.1) is 0 Å². The van der Waals surface area contributed by atoms with Gasteiger partial charge in [0.2, 0.25) is 0 Å². The minimum absolute atomic E-state index is 0.119. The molecule has 1 aliphatic heterocycles. The average Bonchev–Trinajstić information content (AvgIpc) is 2.68. The van der Waals surface area contributed by atoms with Gasteiger partial charge in [0, 0.05) is 24.0 Å². The summed E-state index contributed by atoms with van der Waals surface area (Å²) in [5, 5.41) is 11.4. The summed E-state index contributed by atoms with van der Waals surface area (Å²) in [6.07, 6.45) is 0.832. The molecule has 0 aliphatic carbocycles. The summed E-state index contributed by atoms with van der Waals surface area (Å²) in [7, 11) is 0. The Hall–Kier alpha value is -1.76. The molecule has 106 valence electrons. The van der Waals surface area contributed by atoms with Gasteiger partial charge in [0.25, 0.3) is 17.5 Å². The van der Waals surface area contributed by atoms with E-state index in [0.29, 0.717) is 11.9 Å². The molecular formula is C13H13BrN2O4. The van der Waals surface area contributed by atoms with Crippen molar-refractivity contribution in [3.63, 3.8) is 0 Å². The Morgan fingerprint density at radius 1 is 1.30 bits per heavy atom. The lowest BCUT2D eigenvalue weighted by Gasteiger charge is -2.19. The highest BCUT2D eigenvalue weighted by Crippen LogP contribution is 2.27. The lowest BCUT2D eigenvalue weighted by molar-refractivity contribution is -0.384. The van der Waals surface area contributed by atoms with E-state index >= 15 is 0 Å². The van der Waals surface area contributed by atoms with E-state index in [0.717, 1.165) is 6.42 Å². The van der Waals surface area contributed by atoms with Crippen LogP contribution in [0.1, 0.15) is 34.1 Å². The normalized spacial score (nSPS) is 15.4. The van der Waals surface area contributed by atoms with Crippen LogP contribution < -0.4 is 0 Å². The van der Waals surface area contributed by atoms with Crippen molar-refractivity contribution >= 4 is 33.4 Å². The van der Waals surface area contributed by atoms with Gasteiger partial charge in [0.05, 0.1) is 16.1 Å². The van der Waals surface area contributed by atoms with Gasteiger partial charge in [0.1, 0.15) is 0 Å². The maximum Gasteiger partial charge on any atom is 0.270 e. The second kappa shape index (κ2) is 5.70. The SMILES string of the molecule is CCC(CBr)CN1C(=O)c2ccc([N+](=O)[O-])cc2C1=O. The molecule has 2 amide bonds. The molecule has 0 saturated carbocycles. The lowest BCUT2D eigenvalue weighted by Crippen LogP contribution is -2.34. The number of hydrogen-bond donors (Lipinski definition) is 0. The van der Waals surface area contributed by atoms with Crippen LogP contribution in [0.4, 0.5) is 5.69 Å². The fourth-order valence-corrected chi connectivity index (χ4v) is 2.77. The minimum atomic E-state index is -0.575. The first kappa shape index (κ1) is 14.6. The van der Waals surface area contributed by atoms with E-state index < -0.39 is 10.8 Å². The predicted octanol–water partition coefficient (Wildman–Crippen LogP) is 2.61. The molecule has 20 heavy (non-hydrogen) atoms. The first-order valence-corrected chi connectivity index (χ1v) is 7.32. The van der Waals surface area contributed by atoms with Crippen LogP contribution in [0.3, 0.4) is 0 Å². The van der Waals surface area contributed by atoms with Crippen LogP contribution in [-0.2, 0) is 0 Å². The van der Waals surface area contributed by atoms with E-state index in [1.54, 1.807) is 0 Å². The van der Waals surface area contributed by atoms with E-state index in [2.05, 4.69) is 15.9 Å². The van der Waals surface area contributed by atoms with Gasteiger partial charge >= 0.3 is 0 Å². The number of rotatable bonds is 5. The van der Waals surface area contributed by atoms with Crippen molar-refractivity contribution in [2.75, 3.05) is 11.9 Å². The summed E-state index contributed by atoms with van der Waals surface area (Å²) < 4.78 is 0. The van der Waals surface area contributed by atoms with Gasteiger partial charge in [-0.25, -0.2) is 0 Å². The molecular weight excluding hydrogens is 328 g/mol. The number of carbonyl (C=O) groups excluding carboxylic acids is 2. The lowest BCUT2D eigenvalue weighted by atomic mass is 10.1. The Bertz CT molecular complexity index is 584. The fourth-order valence-electron chi connectivity index (χ4n) is 2.10. The van der Waals surface area contributed by atoms with Crippen molar-refractivity contribution in [2.45, 2.75) is 13.3 Å². The summed E-state index contributed by atoms with van der Waals surface area (Å²) in [4.78, 5) is 35.7. The molecule has 0 spiro atoms. The number of halogens is 1. The number of nitro benzene ring substituents is 1. The van der Waals surface area contributed by atoms with Gasteiger partial charge < -0.3 is 0 Å². The van der Waals surface area contributed by atoms with Crippen molar-refractivity contribution in [3.8, 4) is 0 Å². The van der Waals surface area contributed by atoms with Crippen molar-refractivity contribution in [1.29, 1.82) is 0 Å². The second-order valence-electron chi connectivity index (χ2n) is 4.64. The molecule has 0 N–H and O–H groups in total. The van der Waals surface area contributed by atoms with Gasteiger partial charge in [-0.2, -0.15) is 0 Å². The Morgan fingerprint density at radius 2 is 1.95 bits per heavy atom. The highest BCUT2D eigenvalue weighted by molar-refractivity contribution is 9.09. The Balaban J connectivity index is 2.32. The molecule has 1 atom stereocenters. The van der Waals surface area contributed by atoms with E-state index in [9.17, 15) is 19.7 Å². The summed E-state index contributed by atoms with van der Waals surface area (Å²) in [6.45, 7) is 2.30. The summed E-state index contributed by atoms with van der Waals surface area (Å²) in [6, 6.07) is 3.77. The molecule has 0 fully saturated rings. The van der Waals surface area contributed by atoms with E-state index in [-0.39, 0.29) is 28.6 Å². The summed E-state index contributed by atoms with van der Waals surface area (Å²) in [5.41, 5.74) is 0.179. The Kier molecular flexibility index (Phi) is 4.17. The molecule has 7 heteroatoms. The number of benzene rings is 1. The molecule has 1 unspecified atom stereocenters. The first-order chi connectivity index (χ1) is 9.49. The standard InChI is InChI=1S/C13H13BrN2O4/c1-2-8(6-14)7-15-12(17)10-4-3-9(16(19)20)5-11(10)13(15)18/h3-5,8H,2,6-7H2,1H3. The molecule has 0 bridgehead atoms. The van der Waals surface area contributed by atoms with E-state index in [4.69, 9.17) is 0 Å². The zero-order valence-corrected chi connectivity index (χ0v) is 12.4. The third-order valence-electron chi connectivity index (χ3n) is 3.40. The number of imide groups is 1. The maximum atomic E-state index is 12.2. The predicted molar refractivity (Wildman–Crippen MR) is 76.0 cm³/mol. The number of nitro groups is 1. The zero-order valence-electron chi connectivity index (χ0n) is 10.8. The Labute approximate surface area is 124 Å². The van der Waals surface area contributed by atoms with Gasteiger partial charge in [-0.3, -0.25) is 24.6 Å². The number of non-ortho nitro benzene ring substituents is 1. The highest BCUT2D eigenvalue weighted by atomic mass is 79.9. The molecule has 6 nitrogen and oxygen atoms in total. The molecule has 2 rings (SSSR count). The molecule has 0 aromatic heterocycles. The van der Waals surface area contributed by atoms with Gasteiger partial charge in [-0.05, 0) is 12.0 Å². The number of nitrogens with zero attached hydrogens (tertiary/aromatic N) is 2. The fraction of sp³-hybridized carbons (Fsp3) is 0.385. The second-order valence-corrected chi connectivity index (χ2v) is 5.28. The number of fused-ring (bicyclic) bond motifs is 1. The van der Waals surface area contributed by atoms with Crippen LogP contribution in [0.2, 0.25) is 0 Å². The van der Waals surface area contributed by atoms with Gasteiger partial charge in [0.15, 0.2) is 0 Å². The van der Waals surface area contributed by atoms with Crippen molar-refractivity contribution in [1.82, 2.24) is 4.90 Å². The van der Waals surface area contributed by atoms with Gasteiger partial charge in [-0.1, -0.05) is 29.3 Å². The number of carbonyl (C=O) groups is 2. The van der Waals surface area contributed by atoms with E-state index in [1.165, 1.54) is 23.1 Å². The minimum Gasteiger partial charge on any atom is -0.274 e. The van der Waals surface area contributed by atoms with E-state index in [1.807, 2.05) is 6.92 Å². The monoisotopic (exact) mass is 340 g/mol. The third-order valence-corrected chi connectivity index (χ3v) is 4.32. The molecule has 1 aromatic rings. The molecule has 1 heterocycles. The van der Waals surface area contributed by atoms with Crippen LogP contribution in [-0.4, -0.2) is 33.5 Å². The third kappa shape index (κ3) is 2.45. The number of hydrogen-bond acceptors (Lipinski definition) is 4. The van der Waals surface area contributed by atoms with Crippen molar-refractivity contribution in [3.05, 3.63) is 39.4 Å².